The molecule has 5 nitrogen and oxygen atoms in total. The Bertz CT molecular complexity index is 1000. The molecule has 0 amide bonds. The van der Waals surface area contributed by atoms with Crippen LogP contribution >= 0.6 is 11.6 Å². The SMILES string of the molecule is O=C1OC(c2ccccc2)(c2ccc(-c3cc(Cl)co3)cc2)C(O)=C1O. The Labute approximate surface area is 153 Å². The number of hydrogen-bond donors (Lipinski definition) is 2. The van der Waals surface area contributed by atoms with E-state index in [4.69, 9.17) is 20.8 Å². The molecule has 1 unspecified atom stereocenters. The molecule has 6 heteroatoms. The Morgan fingerprint density at radius 2 is 1.58 bits per heavy atom. The fourth-order valence-corrected chi connectivity index (χ4v) is 3.21. The highest BCUT2D eigenvalue weighted by atomic mass is 35.5. The Balaban J connectivity index is 1.85. The summed E-state index contributed by atoms with van der Waals surface area (Å²) in [5.74, 6) is -1.73. The van der Waals surface area contributed by atoms with Gasteiger partial charge in [0.05, 0.1) is 5.02 Å². The van der Waals surface area contributed by atoms with Crippen molar-refractivity contribution in [1.29, 1.82) is 0 Å². The molecule has 1 atom stereocenters. The average Bonchev–Trinajstić information content (AvgIpc) is 3.20. The third kappa shape index (κ3) is 2.36. The van der Waals surface area contributed by atoms with E-state index in [1.54, 1.807) is 60.7 Å². The summed E-state index contributed by atoms with van der Waals surface area (Å²) >= 11 is 5.88. The molecule has 0 spiro atoms. The molecule has 130 valence electrons. The van der Waals surface area contributed by atoms with E-state index in [9.17, 15) is 15.0 Å². The number of ether oxygens (including phenoxy) is 1. The standard InChI is InChI=1S/C20H13ClO5/c21-15-10-16(25-11-15)12-6-8-14(9-7-12)20(13-4-2-1-3-5-13)18(23)17(22)19(24)26-20/h1-11,22-23H. The smallest absolute Gasteiger partial charge is 0.378 e. The van der Waals surface area contributed by atoms with Gasteiger partial charge in [0.1, 0.15) is 12.0 Å². The summed E-state index contributed by atoms with van der Waals surface area (Å²) in [4.78, 5) is 11.9. The Hall–Kier alpha value is -3.18. The van der Waals surface area contributed by atoms with Crippen LogP contribution in [-0.4, -0.2) is 16.2 Å². The van der Waals surface area contributed by atoms with Crippen LogP contribution in [0.15, 0.2) is 82.9 Å². The van der Waals surface area contributed by atoms with Crippen LogP contribution in [0.5, 0.6) is 0 Å². The van der Waals surface area contributed by atoms with Crippen molar-refractivity contribution in [1.82, 2.24) is 0 Å². The fraction of sp³-hybridized carbons (Fsp3) is 0.0500. The van der Waals surface area contributed by atoms with Crippen LogP contribution in [0.4, 0.5) is 0 Å². The molecule has 4 rings (SSSR count). The van der Waals surface area contributed by atoms with Gasteiger partial charge >= 0.3 is 5.97 Å². The first-order valence-electron chi connectivity index (χ1n) is 7.79. The molecule has 0 fully saturated rings. The summed E-state index contributed by atoms with van der Waals surface area (Å²) < 4.78 is 10.8. The number of carbonyl (C=O) groups is 1. The maximum Gasteiger partial charge on any atom is 0.378 e. The largest absolute Gasteiger partial charge is 0.504 e. The van der Waals surface area contributed by atoms with Gasteiger partial charge in [-0.25, -0.2) is 4.79 Å². The third-order valence-electron chi connectivity index (χ3n) is 4.32. The zero-order valence-electron chi connectivity index (χ0n) is 13.3. The minimum Gasteiger partial charge on any atom is -0.504 e. The minimum atomic E-state index is -1.60. The summed E-state index contributed by atoms with van der Waals surface area (Å²) in [6.45, 7) is 0. The molecule has 26 heavy (non-hydrogen) atoms. The molecule has 0 bridgehead atoms. The number of aliphatic hydroxyl groups is 2. The quantitative estimate of drug-likeness (QED) is 0.653. The second-order valence-corrected chi connectivity index (χ2v) is 6.28. The van der Waals surface area contributed by atoms with Crippen molar-refractivity contribution >= 4 is 17.6 Å². The van der Waals surface area contributed by atoms with Gasteiger partial charge in [0.2, 0.25) is 11.4 Å². The van der Waals surface area contributed by atoms with Crippen molar-refractivity contribution in [3.05, 3.63) is 94.6 Å². The van der Waals surface area contributed by atoms with Crippen molar-refractivity contribution < 1.29 is 24.2 Å². The maximum atomic E-state index is 11.9. The van der Waals surface area contributed by atoms with E-state index in [1.165, 1.54) is 6.26 Å². The lowest BCUT2D eigenvalue weighted by atomic mass is 9.84. The number of esters is 1. The number of halogens is 1. The lowest BCUT2D eigenvalue weighted by molar-refractivity contribution is -0.147. The third-order valence-corrected chi connectivity index (χ3v) is 4.52. The topological polar surface area (TPSA) is 79.9 Å². The molecule has 2 heterocycles. The van der Waals surface area contributed by atoms with Gasteiger partial charge in [-0.3, -0.25) is 0 Å². The molecular weight excluding hydrogens is 356 g/mol. The van der Waals surface area contributed by atoms with Gasteiger partial charge in [0.25, 0.3) is 0 Å². The molecule has 1 aliphatic rings. The molecule has 1 aliphatic heterocycles. The number of benzene rings is 2. The molecule has 1 aromatic heterocycles. The van der Waals surface area contributed by atoms with Gasteiger partial charge in [-0.1, -0.05) is 66.2 Å². The zero-order valence-corrected chi connectivity index (χ0v) is 14.1. The maximum absolute atomic E-state index is 11.9. The number of cyclic esters (lactones) is 1. The summed E-state index contributed by atoms with van der Waals surface area (Å²) in [6, 6.07) is 17.3. The van der Waals surface area contributed by atoms with Crippen LogP contribution in [0.25, 0.3) is 11.3 Å². The first kappa shape index (κ1) is 16.3. The normalized spacial score (nSPS) is 19.7. The summed E-state index contributed by atoms with van der Waals surface area (Å²) in [6.07, 6.45) is 1.43. The van der Waals surface area contributed by atoms with Crippen molar-refractivity contribution in [3.8, 4) is 11.3 Å². The molecule has 2 N–H and O–H groups in total. The molecule has 3 aromatic rings. The summed E-state index contributed by atoms with van der Waals surface area (Å²) in [5.41, 5.74) is 0.173. The van der Waals surface area contributed by atoms with Crippen molar-refractivity contribution in [2.45, 2.75) is 5.60 Å². The zero-order chi connectivity index (χ0) is 18.3. The fourth-order valence-electron chi connectivity index (χ4n) is 3.06. The van der Waals surface area contributed by atoms with Gasteiger partial charge in [-0.2, -0.15) is 0 Å². The molecule has 0 radical (unpaired) electrons. The highest BCUT2D eigenvalue weighted by molar-refractivity contribution is 6.30. The van der Waals surface area contributed by atoms with Gasteiger partial charge in [-0.15, -0.1) is 0 Å². The lowest BCUT2D eigenvalue weighted by Gasteiger charge is -2.28. The lowest BCUT2D eigenvalue weighted by Crippen LogP contribution is -2.30. The van der Waals surface area contributed by atoms with Crippen LogP contribution < -0.4 is 0 Å². The van der Waals surface area contributed by atoms with E-state index in [-0.39, 0.29) is 0 Å². The van der Waals surface area contributed by atoms with E-state index >= 15 is 0 Å². The number of rotatable bonds is 3. The molecule has 2 aromatic carbocycles. The molecule has 0 aliphatic carbocycles. The number of furan rings is 1. The van der Waals surface area contributed by atoms with Crippen molar-refractivity contribution in [3.63, 3.8) is 0 Å². The summed E-state index contributed by atoms with van der Waals surface area (Å²) in [7, 11) is 0. The monoisotopic (exact) mass is 368 g/mol. The minimum absolute atomic E-state index is 0.486. The van der Waals surface area contributed by atoms with Crippen LogP contribution in [0, 0.1) is 0 Å². The van der Waals surface area contributed by atoms with Gasteiger partial charge in [-0.05, 0) is 0 Å². The van der Waals surface area contributed by atoms with E-state index in [0.717, 1.165) is 5.56 Å². The van der Waals surface area contributed by atoms with Crippen molar-refractivity contribution in [2.24, 2.45) is 0 Å². The molecule has 0 saturated heterocycles. The van der Waals surface area contributed by atoms with E-state index < -0.39 is 23.1 Å². The van der Waals surface area contributed by atoms with E-state index in [2.05, 4.69) is 0 Å². The van der Waals surface area contributed by atoms with Crippen LogP contribution in [-0.2, 0) is 15.1 Å². The Morgan fingerprint density at radius 3 is 2.12 bits per heavy atom. The van der Waals surface area contributed by atoms with Crippen LogP contribution in [0.3, 0.4) is 0 Å². The second-order valence-electron chi connectivity index (χ2n) is 5.84. The van der Waals surface area contributed by atoms with Crippen LogP contribution in [0.2, 0.25) is 5.02 Å². The number of hydrogen-bond acceptors (Lipinski definition) is 5. The van der Waals surface area contributed by atoms with Gasteiger partial charge in [0.15, 0.2) is 5.76 Å². The number of aliphatic hydroxyl groups excluding tert-OH is 2. The first-order chi connectivity index (χ1) is 12.5. The first-order valence-corrected chi connectivity index (χ1v) is 8.16. The molecule has 0 saturated carbocycles. The van der Waals surface area contributed by atoms with Crippen molar-refractivity contribution in [2.75, 3.05) is 0 Å². The second kappa shape index (κ2) is 5.97. The predicted molar refractivity (Wildman–Crippen MR) is 94.8 cm³/mol. The number of carbonyl (C=O) groups excluding carboxylic acids is 1. The van der Waals surface area contributed by atoms with E-state index in [0.29, 0.717) is 21.9 Å². The van der Waals surface area contributed by atoms with Gasteiger partial charge < -0.3 is 19.4 Å². The summed E-state index contributed by atoms with van der Waals surface area (Å²) in [5, 5.41) is 20.9. The van der Waals surface area contributed by atoms with E-state index in [1.807, 2.05) is 0 Å². The van der Waals surface area contributed by atoms with Crippen LogP contribution in [0.1, 0.15) is 11.1 Å². The highest BCUT2D eigenvalue weighted by Gasteiger charge is 2.51. The average molecular weight is 369 g/mol. The Kier molecular flexibility index (Phi) is 3.74. The predicted octanol–water partition coefficient (Wildman–Crippen LogP) is 4.73. The molecular formula is C20H13ClO5. The highest BCUT2D eigenvalue weighted by Crippen LogP contribution is 2.45. The Morgan fingerprint density at radius 1 is 0.923 bits per heavy atom. The van der Waals surface area contributed by atoms with Gasteiger partial charge in [0, 0.05) is 22.8 Å².